The number of hydrogen-bond acceptors (Lipinski definition) is 2. The lowest BCUT2D eigenvalue weighted by Gasteiger charge is -2.34. The highest BCUT2D eigenvalue weighted by molar-refractivity contribution is 9.09. The van der Waals surface area contributed by atoms with E-state index in [1.807, 2.05) is 0 Å². The van der Waals surface area contributed by atoms with Crippen molar-refractivity contribution < 1.29 is 9.69 Å². The molecular formula is C14H26BrN2O+. The normalized spacial score (nSPS) is 41.6. The summed E-state index contributed by atoms with van der Waals surface area (Å²) in [6.07, 6.45) is 6.87. The van der Waals surface area contributed by atoms with Gasteiger partial charge < -0.3 is 4.90 Å². The molecule has 0 radical (unpaired) electrons. The largest absolute Gasteiger partial charge is 0.314 e. The Labute approximate surface area is 119 Å². The zero-order valence-electron chi connectivity index (χ0n) is 11.3. The molecule has 0 spiro atoms. The van der Waals surface area contributed by atoms with Crippen LogP contribution in [0.4, 0.5) is 0 Å². The summed E-state index contributed by atoms with van der Waals surface area (Å²) in [5.41, 5.74) is 6.17. The first-order valence-electron chi connectivity index (χ1n) is 7.33. The quantitative estimate of drug-likeness (QED) is 0.766. The van der Waals surface area contributed by atoms with Crippen molar-refractivity contribution in [3.05, 3.63) is 0 Å². The van der Waals surface area contributed by atoms with Crippen molar-refractivity contribution in [1.82, 2.24) is 0 Å². The fourth-order valence-electron chi connectivity index (χ4n) is 3.30. The van der Waals surface area contributed by atoms with Crippen LogP contribution in [0.25, 0.3) is 0 Å². The van der Waals surface area contributed by atoms with Gasteiger partial charge in [-0.3, -0.25) is 10.5 Å². The Kier molecular flexibility index (Phi) is 5.22. The molecule has 3 atom stereocenters. The van der Waals surface area contributed by atoms with Crippen molar-refractivity contribution in [1.29, 1.82) is 0 Å². The second-order valence-electron chi connectivity index (χ2n) is 6.24. The van der Waals surface area contributed by atoms with Crippen LogP contribution in [0, 0.1) is 11.8 Å². The monoisotopic (exact) mass is 317 g/mol. The van der Waals surface area contributed by atoms with Gasteiger partial charge in [0.25, 0.3) is 0 Å². The average molecular weight is 318 g/mol. The summed E-state index contributed by atoms with van der Waals surface area (Å²) in [6.45, 7) is 3.99. The lowest BCUT2D eigenvalue weighted by molar-refractivity contribution is -0.924. The van der Waals surface area contributed by atoms with Crippen LogP contribution in [0.2, 0.25) is 0 Å². The average Bonchev–Trinajstić information content (AvgIpc) is 2.33. The fraction of sp³-hybridized carbons (Fsp3) is 0.929. The molecular weight excluding hydrogens is 292 g/mol. The summed E-state index contributed by atoms with van der Waals surface area (Å²) in [6, 6.07) is 0. The van der Waals surface area contributed by atoms with Crippen LogP contribution in [0.15, 0.2) is 0 Å². The Hall–Kier alpha value is 0.0700. The Morgan fingerprint density at radius 3 is 2.56 bits per heavy atom. The second-order valence-corrected chi connectivity index (χ2v) is 7.53. The van der Waals surface area contributed by atoms with Crippen LogP contribution in [0.5, 0.6) is 0 Å². The number of alkyl halides is 1. The highest BCUT2D eigenvalue weighted by Gasteiger charge is 2.32. The van der Waals surface area contributed by atoms with Gasteiger partial charge in [-0.2, -0.15) is 0 Å². The molecule has 4 heteroatoms. The minimum Gasteiger partial charge on any atom is -0.314 e. The van der Waals surface area contributed by atoms with Crippen LogP contribution < -0.4 is 10.6 Å². The Bertz CT molecular complexity index is 290. The van der Waals surface area contributed by atoms with Crippen LogP contribution in [0.1, 0.15) is 45.4 Å². The maximum absolute atomic E-state index is 12.3. The van der Waals surface area contributed by atoms with E-state index in [0.717, 1.165) is 44.6 Å². The molecule has 1 aliphatic carbocycles. The first kappa shape index (κ1) is 14.5. The number of nitrogens with one attached hydrogen (secondary N) is 1. The van der Waals surface area contributed by atoms with Gasteiger partial charge in [0.05, 0.1) is 6.54 Å². The third kappa shape index (κ3) is 3.78. The number of nitrogens with two attached hydrogens (primary N) is 1. The molecule has 0 bridgehead atoms. The lowest BCUT2D eigenvalue weighted by atomic mass is 9.85. The highest BCUT2D eigenvalue weighted by atomic mass is 79.9. The van der Waals surface area contributed by atoms with E-state index < -0.39 is 0 Å². The number of carbonyl (C=O) groups is 1. The van der Waals surface area contributed by atoms with Crippen molar-refractivity contribution in [3.63, 3.8) is 0 Å². The molecule has 0 aromatic rings. The predicted octanol–water partition coefficient (Wildman–Crippen LogP) is 1.11. The van der Waals surface area contributed by atoms with Gasteiger partial charge >= 0.3 is 0 Å². The Balaban J connectivity index is 1.80. The predicted molar refractivity (Wildman–Crippen MR) is 76.8 cm³/mol. The highest BCUT2D eigenvalue weighted by Crippen LogP contribution is 2.28. The molecule has 2 aliphatic rings. The van der Waals surface area contributed by atoms with E-state index >= 15 is 0 Å². The van der Waals surface area contributed by atoms with Crippen LogP contribution in [0.3, 0.4) is 0 Å². The SMILES string of the molecule is CC1CC[NH+](CC(=O)C2CCC(Br)CC2)C(N)C1. The van der Waals surface area contributed by atoms with E-state index in [-0.39, 0.29) is 6.17 Å². The summed E-state index contributed by atoms with van der Waals surface area (Å²) in [4.78, 5) is 14.3. The van der Waals surface area contributed by atoms with Gasteiger partial charge in [0.15, 0.2) is 5.78 Å². The lowest BCUT2D eigenvalue weighted by Crippen LogP contribution is -3.19. The number of carbonyl (C=O) groups excluding carboxylic acids is 1. The minimum absolute atomic E-state index is 0.171. The maximum Gasteiger partial charge on any atom is 0.189 e. The van der Waals surface area contributed by atoms with Crippen LogP contribution in [-0.2, 0) is 4.79 Å². The zero-order chi connectivity index (χ0) is 13.1. The topological polar surface area (TPSA) is 47.5 Å². The third-order valence-electron chi connectivity index (χ3n) is 4.65. The van der Waals surface area contributed by atoms with Crippen molar-refractivity contribution in [2.45, 2.75) is 56.4 Å². The first-order valence-corrected chi connectivity index (χ1v) is 8.24. The second kappa shape index (κ2) is 6.49. The molecule has 18 heavy (non-hydrogen) atoms. The van der Waals surface area contributed by atoms with Crippen LogP contribution >= 0.6 is 15.9 Å². The Morgan fingerprint density at radius 1 is 1.28 bits per heavy atom. The van der Waals surface area contributed by atoms with E-state index in [9.17, 15) is 4.79 Å². The molecule has 1 saturated carbocycles. The number of rotatable bonds is 3. The maximum atomic E-state index is 12.3. The van der Waals surface area contributed by atoms with Crippen molar-refractivity contribution >= 4 is 21.7 Å². The van der Waals surface area contributed by atoms with Gasteiger partial charge in [0.1, 0.15) is 12.7 Å². The van der Waals surface area contributed by atoms with Gasteiger partial charge in [-0.25, -0.2) is 0 Å². The number of likely N-dealkylation sites (tertiary alicyclic amines) is 1. The van der Waals surface area contributed by atoms with Gasteiger partial charge in [0, 0.05) is 17.2 Å². The number of quaternary nitrogens is 1. The van der Waals surface area contributed by atoms with E-state index in [1.54, 1.807) is 0 Å². The van der Waals surface area contributed by atoms with Gasteiger partial charge in [-0.1, -0.05) is 22.9 Å². The van der Waals surface area contributed by atoms with Crippen LogP contribution in [-0.4, -0.2) is 29.9 Å². The molecule has 2 rings (SSSR count). The standard InChI is InChI=1S/C14H25BrN2O/c1-10-6-7-17(14(16)8-10)9-13(18)11-2-4-12(15)5-3-11/h10-12,14H,2-9,16H2,1H3/p+1. The summed E-state index contributed by atoms with van der Waals surface area (Å²) in [7, 11) is 0. The molecule has 104 valence electrons. The summed E-state index contributed by atoms with van der Waals surface area (Å²) < 4.78 is 0. The molecule has 1 heterocycles. The number of piperidine rings is 1. The van der Waals surface area contributed by atoms with E-state index in [0.29, 0.717) is 23.1 Å². The molecule has 1 saturated heterocycles. The number of Topliss-reactive ketones (excluding diaryl/α,β-unsaturated/α-hetero) is 1. The summed E-state index contributed by atoms with van der Waals surface area (Å²) >= 11 is 3.64. The van der Waals surface area contributed by atoms with E-state index in [2.05, 4.69) is 22.9 Å². The van der Waals surface area contributed by atoms with Crippen molar-refractivity contribution in [3.8, 4) is 0 Å². The minimum atomic E-state index is 0.171. The molecule has 1 aliphatic heterocycles. The first-order chi connectivity index (χ1) is 8.56. The van der Waals surface area contributed by atoms with Crippen molar-refractivity contribution in [2.75, 3.05) is 13.1 Å². The molecule has 3 nitrogen and oxygen atoms in total. The number of ketones is 1. The van der Waals surface area contributed by atoms with Gasteiger partial charge in [-0.05, 0) is 38.0 Å². The molecule has 2 fully saturated rings. The number of halogens is 1. The number of hydrogen-bond donors (Lipinski definition) is 2. The molecule has 0 aromatic heterocycles. The molecule has 0 amide bonds. The summed E-state index contributed by atoms with van der Waals surface area (Å²) in [5.74, 6) is 1.48. The third-order valence-corrected chi connectivity index (χ3v) is 5.57. The molecule has 3 N–H and O–H groups in total. The van der Waals surface area contributed by atoms with E-state index in [1.165, 1.54) is 11.3 Å². The zero-order valence-corrected chi connectivity index (χ0v) is 12.9. The Morgan fingerprint density at radius 2 is 1.94 bits per heavy atom. The van der Waals surface area contributed by atoms with Gasteiger partial charge in [-0.15, -0.1) is 0 Å². The smallest absolute Gasteiger partial charge is 0.189 e. The summed E-state index contributed by atoms with van der Waals surface area (Å²) in [5, 5.41) is 0. The van der Waals surface area contributed by atoms with Gasteiger partial charge in [0.2, 0.25) is 0 Å². The van der Waals surface area contributed by atoms with E-state index in [4.69, 9.17) is 5.73 Å². The molecule has 0 aromatic carbocycles. The van der Waals surface area contributed by atoms with Crippen molar-refractivity contribution in [2.24, 2.45) is 17.6 Å². The molecule has 3 unspecified atom stereocenters. The fourth-order valence-corrected chi connectivity index (χ4v) is 3.83.